The summed E-state index contributed by atoms with van der Waals surface area (Å²) in [5, 5.41) is 74.9. The van der Waals surface area contributed by atoms with Crippen LogP contribution in [0.4, 0.5) is 14.4 Å². The number of likely N-dealkylation sites (N-methyl/N-ethyl adjacent to an activating group) is 2. The first-order valence-electron chi connectivity index (χ1n) is 33.6. The van der Waals surface area contributed by atoms with Gasteiger partial charge in [0.1, 0.15) is 29.9 Å². The Labute approximate surface area is 619 Å². The lowest BCUT2D eigenvalue weighted by Gasteiger charge is -2.24. The minimum absolute atomic E-state index is 0.0326. The number of carbonyl (C=O) groups is 4. The zero-order valence-corrected chi connectivity index (χ0v) is 65.0. The molecule has 2 rings (SSSR count). The van der Waals surface area contributed by atoms with Gasteiger partial charge in [0.05, 0.1) is 76.8 Å². The highest BCUT2D eigenvalue weighted by Gasteiger charge is 2.21. The van der Waals surface area contributed by atoms with Crippen LogP contribution in [0.3, 0.4) is 0 Å². The van der Waals surface area contributed by atoms with Crippen molar-refractivity contribution in [3.05, 3.63) is 61.1 Å². The Morgan fingerprint density at radius 2 is 0.833 bits per heavy atom. The number of nitrogens with zero attached hydrogens (tertiary/aromatic N) is 4. The predicted octanol–water partition coefficient (Wildman–Crippen LogP) is 3.80. The van der Waals surface area contributed by atoms with E-state index < -0.39 is 49.7 Å². The highest BCUT2D eigenvalue weighted by molar-refractivity contribution is 8.77. The number of ether oxygens (including phenoxy) is 13. The van der Waals surface area contributed by atoms with Crippen LogP contribution in [-0.4, -0.2) is 321 Å². The molecule has 0 saturated heterocycles. The Bertz CT molecular complexity index is 2190. The molecule has 4 amide bonds. The minimum Gasteiger partial charge on any atom is -0.444 e. The van der Waals surface area contributed by atoms with Gasteiger partial charge >= 0.3 is 18.3 Å². The Balaban J connectivity index is -0.00000129. The summed E-state index contributed by atoms with van der Waals surface area (Å²) in [6, 6.07) is 11.6. The van der Waals surface area contributed by atoms with E-state index in [0.29, 0.717) is 77.0 Å². The maximum Gasteiger partial charge on any atom is 0.409 e. The van der Waals surface area contributed by atoms with Gasteiger partial charge in [0.2, 0.25) is 5.91 Å². The van der Waals surface area contributed by atoms with Gasteiger partial charge in [-0.3, -0.25) is 4.79 Å². The number of pyridine rings is 2. The molecule has 2 aromatic heterocycles. The lowest BCUT2D eigenvalue weighted by Crippen LogP contribution is -2.38. The highest BCUT2D eigenvalue weighted by Crippen LogP contribution is 2.31. The van der Waals surface area contributed by atoms with Crippen molar-refractivity contribution in [2.24, 2.45) is 5.73 Å². The van der Waals surface area contributed by atoms with Gasteiger partial charge < -0.3 is 134 Å². The van der Waals surface area contributed by atoms with Gasteiger partial charge in [0.15, 0.2) is 31.5 Å². The number of rotatable bonds is 55. The summed E-state index contributed by atoms with van der Waals surface area (Å²) in [6.45, 7) is 16.7. The fraction of sp³-hybridized carbons (Fsp3) is 0.754. The first kappa shape index (κ1) is 102. The molecule has 0 aliphatic heterocycles. The zero-order valence-electron chi connectivity index (χ0n) is 61.8. The van der Waals surface area contributed by atoms with E-state index in [1.807, 2.05) is 78.1 Å². The number of nitrogens with two attached hydrogens (primary N) is 1. The topological polar surface area (TPSA) is 436 Å². The summed E-state index contributed by atoms with van der Waals surface area (Å²) in [6.07, 6.45) is 1.58. The van der Waals surface area contributed by atoms with E-state index >= 15 is 0 Å². The van der Waals surface area contributed by atoms with Gasteiger partial charge in [0.25, 0.3) is 0 Å². The monoisotopic (exact) mass is 1540 g/mol. The third-order valence-electron chi connectivity index (χ3n) is 13.4. The molecule has 0 fully saturated rings. The van der Waals surface area contributed by atoms with Crippen molar-refractivity contribution in [1.82, 2.24) is 41.0 Å². The average molecular weight is 1540 g/mol. The van der Waals surface area contributed by atoms with Crippen LogP contribution in [0, 0.1) is 0 Å². The molecule has 33 nitrogen and oxygen atoms in total. The number of methoxy groups -OCH3 is 5. The Hall–Kier alpha value is -4.24. The molecule has 0 aliphatic rings. The number of aromatic nitrogens is 2. The second-order valence-corrected chi connectivity index (χ2v) is 25.9. The maximum atomic E-state index is 12.2. The maximum absolute atomic E-state index is 12.2. The molecule has 102 heavy (non-hydrogen) atoms. The largest absolute Gasteiger partial charge is 0.444 e. The SMILES string of the molecule is C=C(CCSSc1ccccn1)N(C)CCNCCN(C)C(=O)OCC(OC)OC(CC)CO.CCC(CO)OC(CO)OC.CCC(CO)OC(CO)OC.CCC(CO)OC(COC(=O)NCCN)OC.CCC(CO)OC(COC(=O)NCCNC(=O)CCSSc1ccccn1)OC. The summed E-state index contributed by atoms with van der Waals surface area (Å²) in [5.41, 5.74) is 6.31. The van der Waals surface area contributed by atoms with Gasteiger partial charge in [-0.2, -0.15) is 0 Å². The van der Waals surface area contributed by atoms with Gasteiger partial charge in [0, 0.05) is 138 Å². The second-order valence-electron chi connectivity index (χ2n) is 21.0. The summed E-state index contributed by atoms with van der Waals surface area (Å²) >= 11 is 0. The number of aliphatic hydroxyl groups excluding tert-OH is 7. The normalized spacial score (nSPS) is 13.8. The van der Waals surface area contributed by atoms with Crippen molar-refractivity contribution in [3.63, 3.8) is 0 Å². The molecule has 0 saturated carbocycles. The molecule has 10 atom stereocenters. The third kappa shape index (κ3) is 58.0. The standard InChI is InChI=1S/C23H40N4O5S2.C18H29N3O6S2.C10H22N2O5.2C7H16O4/c1-6-20(17-28)32-22(30-5)18-31-23(29)27(4)15-13-24-12-14-26(3)19(2)10-16-33-34-21-9-7-8-11-25-21;1-3-14(12-22)27-17(25-2)13-26-18(24)21-10-9-19-15(23)7-11-28-29-16-6-4-5-8-20-16;1-3-8(6-13)17-9(15-2)7-16-10(14)12-5-4-11;2*1-3-6(4-8)11-7(5-9)10-2/h7-9,11,20,22,24,28H,2,6,10,12-18H2,1,3-5H3;4-6,8,14,17,22H,3,7,9-13H2,1-2H3,(H,19,23)(H,21,24);8-9,13H,3-7,11H2,1-2H3,(H,12,14);2*6-9H,3-5H2,1-2H3. The number of hydrogen-bond donors (Lipinski definition) is 12. The first-order valence-corrected chi connectivity index (χ1v) is 38.2. The number of hydrogen-bond acceptors (Lipinski definition) is 33. The van der Waals surface area contributed by atoms with Gasteiger partial charge in [-0.25, -0.2) is 24.4 Å². The van der Waals surface area contributed by atoms with E-state index in [9.17, 15) is 24.3 Å². The molecule has 0 bridgehead atoms. The highest BCUT2D eigenvalue weighted by atomic mass is 33.1. The van der Waals surface area contributed by atoms with E-state index in [1.165, 1.54) is 51.2 Å². The fourth-order valence-electron chi connectivity index (χ4n) is 6.87. The fourth-order valence-corrected chi connectivity index (χ4v) is 10.7. The third-order valence-corrected chi connectivity index (χ3v) is 17.9. The number of carbonyl (C=O) groups excluding carboxylic acids is 4. The molecule has 0 radical (unpaired) electrons. The number of aliphatic hydroxyl groups is 7. The summed E-state index contributed by atoms with van der Waals surface area (Å²) < 4.78 is 66.4. The molecule has 2 heterocycles. The summed E-state index contributed by atoms with van der Waals surface area (Å²) in [7, 11) is 17.5. The first-order chi connectivity index (χ1) is 49.2. The van der Waals surface area contributed by atoms with Crippen LogP contribution in [-0.2, 0) is 66.4 Å². The Morgan fingerprint density at radius 3 is 1.18 bits per heavy atom. The number of alkyl carbamates (subject to hydrolysis) is 2. The van der Waals surface area contributed by atoms with Crippen LogP contribution in [0.5, 0.6) is 0 Å². The van der Waals surface area contributed by atoms with Crippen molar-refractivity contribution in [1.29, 1.82) is 0 Å². The smallest absolute Gasteiger partial charge is 0.409 e. The van der Waals surface area contributed by atoms with E-state index in [-0.39, 0.29) is 109 Å². The number of allylic oxidation sites excluding steroid dienone is 1. The molecule has 596 valence electrons. The molecule has 10 unspecified atom stereocenters. The van der Waals surface area contributed by atoms with Crippen LogP contribution in [0.15, 0.2) is 71.1 Å². The molecular weight excluding hydrogens is 1420 g/mol. The second kappa shape index (κ2) is 72.3. The van der Waals surface area contributed by atoms with Crippen LogP contribution in [0.25, 0.3) is 0 Å². The number of amides is 4. The molecule has 0 aromatic carbocycles. The molecule has 0 aliphatic carbocycles. The molecule has 2 aromatic rings. The van der Waals surface area contributed by atoms with Gasteiger partial charge in [-0.05, 0) is 84.4 Å². The molecule has 0 spiro atoms. The molecule has 13 N–H and O–H groups in total. The predicted molar refractivity (Wildman–Crippen MR) is 393 cm³/mol. The lowest BCUT2D eigenvalue weighted by atomic mass is 10.3. The van der Waals surface area contributed by atoms with Gasteiger partial charge in [-0.15, -0.1) is 0 Å². The van der Waals surface area contributed by atoms with Crippen LogP contribution in [0.1, 0.15) is 79.6 Å². The van der Waals surface area contributed by atoms with Crippen LogP contribution >= 0.6 is 43.2 Å². The van der Waals surface area contributed by atoms with E-state index in [2.05, 4.69) is 42.7 Å². The quantitative estimate of drug-likeness (QED) is 0.0194. The summed E-state index contributed by atoms with van der Waals surface area (Å²) in [5.74, 6) is 1.54. The molecular formula is C65H123N9O24S4. The Kier molecular flexibility index (Phi) is 72.3. The van der Waals surface area contributed by atoms with Crippen LogP contribution in [0.2, 0.25) is 0 Å². The average Bonchev–Trinajstić information content (AvgIpc) is 1.53. The number of nitrogens with one attached hydrogen (secondary N) is 4. The van der Waals surface area contributed by atoms with Crippen molar-refractivity contribution < 1.29 is 117 Å². The van der Waals surface area contributed by atoms with Crippen molar-refractivity contribution >= 4 is 67.4 Å². The van der Waals surface area contributed by atoms with E-state index in [0.717, 1.165) is 41.0 Å². The summed E-state index contributed by atoms with van der Waals surface area (Å²) in [4.78, 5) is 58.8. The van der Waals surface area contributed by atoms with E-state index in [1.54, 1.807) is 51.8 Å². The lowest BCUT2D eigenvalue weighted by molar-refractivity contribution is -0.182. The van der Waals surface area contributed by atoms with Crippen molar-refractivity contribution in [3.8, 4) is 0 Å². The van der Waals surface area contributed by atoms with Gasteiger partial charge in [-0.1, -0.05) is 74.9 Å². The van der Waals surface area contributed by atoms with Crippen molar-refractivity contribution in [2.75, 3.05) is 180 Å². The van der Waals surface area contributed by atoms with E-state index in [4.69, 9.17) is 98.0 Å². The minimum atomic E-state index is -0.751. The van der Waals surface area contributed by atoms with Crippen LogP contribution < -0.4 is 27.0 Å². The van der Waals surface area contributed by atoms with Crippen molar-refractivity contribution in [2.45, 2.75) is 152 Å². The Morgan fingerprint density at radius 1 is 0.480 bits per heavy atom. The molecule has 37 heteroatoms. The zero-order chi connectivity index (χ0) is 77.0.